The molecule has 26 heavy (non-hydrogen) atoms. The molecule has 0 atom stereocenters. The monoisotopic (exact) mass is 352 g/mol. The van der Waals surface area contributed by atoms with Gasteiger partial charge in [-0.2, -0.15) is 0 Å². The summed E-state index contributed by atoms with van der Waals surface area (Å²) < 4.78 is 10.3. The number of amides is 1. The number of nitrogens with one attached hydrogen (secondary N) is 2. The van der Waals surface area contributed by atoms with Crippen molar-refractivity contribution in [2.24, 2.45) is 0 Å². The summed E-state index contributed by atoms with van der Waals surface area (Å²) in [5.74, 6) is -0.0886. The molecule has 1 amide bonds. The summed E-state index contributed by atoms with van der Waals surface area (Å²) in [6, 6.07) is 12.4. The van der Waals surface area contributed by atoms with Crippen molar-refractivity contribution in [3.8, 4) is 5.75 Å². The van der Waals surface area contributed by atoms with Crippen LogP contribution in [0.3, 0.4) is 0 Å². The Labute approximate surface area is 151 Å². The number of carbonyl (C=O) groups excluding carboxylic acids is 2. The number of benzene rings is 2. The van der Waals surface area contributed by atoms with Gasteiger partial charge in [0.05, 0.1) is 25.0 Å². The number of H-pyrrole nitrogens is 1. The van der Waals surface area contributed by atoms with Gasteiger partial charge in [-0.15, -0.1) is 0 Å². The van der Waals surface area contributed by atoms with E-state index in [0.29, 0.717) is 22.7 Å². The van der Waals surface area contributed by atoms with Crippen LogP contribution >= 0.6 is 0 Å². The lowest BCUT2D eigenvalue weighted by Gasteiger charge is -2.10. The maximum Gasteiger partial charge on any atom is 0.340 e. The molecule has 3 aromatic rings. The number of rotatable bonds is 5. The minimum absolute atomic E-state index is 0.268. The first-order valence-corrected chi connectivity index (χ1v) is 8.29. The first-order chi connectivity index (χ1) is 12.5. The molecule has 0 aliphatic heterocycles. The molecule has 0 unspecified atom stereocenters. The Balaban J connectivity index is 1.93. The first kappa shape index (κ1) is 17.5. The third-order valence-electron chi connectivity index (χ3n) is 4.16. The molecular formula is C20H20N2O4. The highest BCUT2D eigenvalue weighted by Gasteiger charge is 2.18. The molecule has 1 heterocycles. The second-order valence-electron chi connectivity index (χ2n) is 5.76. The van der Waals surface area contributed by atoms with E-state index in [0.717, 1.165) is 16.5 Å². The number of carbonyl (C=O) groups is 2. The summed E-state index contributed by atoms with van der Waals surface area (Å²) in [5.41, 5.74) is 2.80. The van der Waals surface area contributed by atoms with Crippen LogP contribution in [0, 0.1) is 6.92 Å². The molecule has 0 saturated heterocycles. The molecule has 2 aromatic carbocycles. The third kappa shape index (κ3) is 3.26. The van der Waals surface area contributed by atoms with Gasteiger partial charge in [0.1, 0.15) is 11.4 Å². The SMILES string of the molecule is CCOC(=O)c1ccccc1NC(=O)c1[nH]c2cc(OC)ccc2c1C. The second-order valence-corrected chi connectivity index (χ2v) is 5.76. The number of esters is 1. The zero-order chi connectivity index (χ0) is 18.7. The van der Waals surface area contributed by atoms with Gasteiger partial charge in [-0.05, 0) is 43.7 Å². The zero-order valence-electron chi connectivity index (χ0n) is 14.9. The summed E-state index contributed by atoms with van der Waals surface area (Å²) in [6.45, 7) is 3.88. The molecule has 0 aliphatic carbocycles. The van der Waals surface area contributed by atoms with Gasteiger partial charge in [-0.1, -0.05) is 12.1 Å². The normalized spacial score (nSPS) is 10.6. The number of hydrogen-bond acceptors (Lipinski definition) is 4. The van der Waals surface area contributed by atoms with Crippen molar-refractivity contribution in [1.29, 1.82) is 0 Å². The molecule has 1 aromatic heterocycles. The first-order valence-electron chi connectivity index (χ1n) is 8.29. The van der Waals surface area contributed by atoms with Crippen LogP contribution in [0.5, 0.6) is 5.75 Å². The summed E-state index contributed by atoms with van der Waals surface area (Å²) >= 11 is 0. The van der Waals surface area contributed by atoms with Crippen LogP contribution in [0.2, 0.25) is 0 Å². The molecule has 0 bridgehead atoms. The highest BCUT2D eigenvalue weighted by Crippen LogP contribution is 2.26. The smallest absolute Gasteiger partial charge is 0.340 e. The van der Waals surface area contributed by atoms with Gasteiger partial charge in [-0.3, -0.25) is 4.79 Å². The Morgan fingerprint density at radius 1 is 1.15 bits per heavy atom. The van der Waals surface area contributed by atoms with Gasteiger partial charge < -0.3 is 19.8 Å². The number of para-hydroxylation sites is 1. The Kier molecular flexibility index (Phi) is 4.93. The third-order valence-corrected chi connectivity index (χ3v) is 4.16. The Bertz CT molecular complexity index is 975. The standard InChI is InChI=1S/C20H20N2O4/c1-4-26-20(24)15-7-5-6-8-16(15)22-19(23)18-12(2)14-10-9-13(25-3)11-17(14)21-18/h5-11,21H,4H2,1-3H3,(H,22,23). The van der Waals surface area contributed by atoms with Crippen molar-refractivity contribution < 1.29 is 19.1 Å². The molecule has 6 nitrogen and oxygen atoms in total. The quantitative estimate of drug-likeness (QED) is 0.682. The molecule has 134 valence electrons. The maximum atomic E-state index is 12.8. The number of aromatic nitrogens is 1. The topological polar surface area (TPSA) is 80.4 Å². The van der Waals surface area contributed by atoms with Crippen molar-refractivity contribution in [1.82, 2.24) is 4.98 Å². The fourth-order valence-electron chi connectivity index (χ4n) is 2.83. The van der Waals surface area contributed by atoms with Crippen molar-refractivity contribution in [2.45, 2.75) is 13.8 Å². The molecule has 6 heteroatoms. The number of methoxy groups -OCH3 is 1. The van der Waals surface area contributed by atoms with Crippen LogP contribution in [0.4, 0.5) is 5.69 Å². The van der Waals surface area contributed by atoms with E-state index in [9.17, 15) is 9.59 Å². The predicted octanol–water partition coefficient (Wildman–Crippen LogP) is 3.91. The molecule has 3 rings (SSSR count). The van der Waals surface area contributed by atoms with Crippen molar-refractivity contribution in [3.63, 3.8) is 0 Å². The largest absolute Gasteiger partial charge is 0.497 e. The average Bonchev–Trinajstić information content (AvgIpc) is 2.98. The van der Waals surface area contributed by atoms with Crippen LogP contribution < -0.4 is 10.1 Å². The molecular weight excluding hydrogens is 332 g/mol. The lowest BCUT2D eigenvalue weighted by Crippen LogP contribution is -2.17. The average molecular weight is 352 g/mol. The van der Waals surface area contributed by atoms with Gasteiger partial charge in [-0.25, -0.2) is 4.79 Å². The van der Waals surface area contributed by atoms with Crippen LogP contribution in [0.25, 0.3) is 10.9 Å². The van der Waals surface area contributed by atoms with E-state index in [1.807, 2.05) is 25.1 Å². The minimum atomic E-state index is -0.471. The lowest BCUT2D eigenvalue weighted by molar-refractivity contribution is 0.0527. The second kappa shape index (κ2) is 7.31. The highest BCUT2D eigenvalue weighted by atomic mass is 16.5. The Morgan fingerprint density at radius 2 is 1.92 bits per heavy atom. The van der Waals surface area contributed by atoms with E-state index in [1.165, 1.54) is 0 Å². The van der Waals surface area contributed by atoms with Crippen LogP contribution in [0.1, 0.15) is 33.3 Å². The Hall–Kier alpha value is -3.28. The van der Waals surface area contributed by atoms with E-state index >= 15 is 0 Å². The van der Waals surface area contributed by atoms with Gasteiger partial charge in [0.15, 0.2) is 0 Å². The molecule has 2 N–H and O–H groups in total. The summed E-state index contributed by atoms with van der Waals surface area (Å²) in [6.07, 6.45) is 0. The van der Waals surface area contributed by atoms with E-state index in [-0.39, 0.29) is 12.5 Å². The summed E-state index contributed by atoms with van der Waals surface area (Å²) in [7, 11) is 1.59. The maximum absolute atomic E-state index is 12.8. The summed E-state index contributed by atoms with van der Waals surface area (Å²) in [5, 5.41) is 3.73. The zero-order valence-corrected chi connectivity index (χ0v) is 14.9. The van der Waals surface area contributed by atoms with Gasteiger partial charge in [0, 0.05) is 17.0 Å². The molecule has 0 saturated carbocycles. The minimum Gasteiger partial charge on any atom is -0.497 e. The molecule has 0 radical (unpaired) electrons. The van der Waals surface area contributed by atoms with Gasteiger partial charge in [0.25, 0.3) is 5.91 Å². The van der Waals surface area contributed by atoms with Crippen molar-refractivity contribution >= 4 is 28.5 Å². The number of hydrogen-bond donors (Lipinski definition) is 2. The van der Waals surface area contributed by atoms with E-state index in [4.69, 9.17) is 9.47 Å². The number of fused-ring (bicyclic) bond motifs is 1. The molecule has 0 fully saturated rings. The van der Waals surface area contributed by atoms with Gasteiger partial charge >= 0.3 is 5.97 Å². The van der Waals surface area contributed by atoms with Crippen LogP contribution in [-0.4, -0.2) is 30.6 Å². The van der Waals surface area contributed by atoms with Crippen LogP contribution in [-0.2, 0) is 4.74 Å². The highest BCUT2D eigenvalue weighted by molar-refractivity contribution is 6.10. The summed E-state index contributed by atoms with van der Waals surface area (Å²) in [4.78, 5) is 28.0. The number of anilines is 1. The van der Waals surface area contributed by atoms with E-state index in [2.05, 4.69) is 10.3 Å². The fourth-order valence-corrected chi connectivity index (χ4v) is 2.83. The predicted molar refractivity (Wildman–Crippen MR) is 99.9 cm³/mol. The lowest BCUT2D eigenvalue weighted by atomic mass is 10.1. The van der Waals surface area contributed by atoms with Crippen LogP contribution in [0.15, 0.2) is 42.5 Å². The van der Waals surface area contributed by atoms with E-state index in [1.54, 1.807) is 38.3 Å². The molecule has 0 aliphatic rings. The number of ether oxygens (including phenoxy) is 2. The fraction of sp³-hybridized carbons (Fsp3) is 0.200. The van der Waals surface area contributed by atoms with E-state index < -0.39 is 5.97 Å². The molecule has 0 spiro atoms. The van der Waals surface area contributed by atoms with Crippen molar-refractivity contribution in [2.75, 3.05) is 19.0 Å². The number of aryl methyl sites for hydroxylation is 1. The van der Waals surface area contributed by atoms with Crippen molar-refractivity contribution in [3.05, 3.63) is 59.3 Å². The number of aromatic amines is 1. The van der Waals surface area contributed by atoms with Gasteiger partial charge in [0.2, 0.25) is 0 Å². The Morgan fingerprint density at radius 3 is 2.65 bits per heavy atom.